The quantitative estimate of drug-likeness (QED) is 0.336. The fourth-order valence-corrected chi connectivity index (χ4v) is 6.08. The maximum atomic E-state index is 14.0. The summed E-state index contributed by atoms with van der Waals surface area (Å²) in [6, 6.07) is -3.35. The van der Waals surface area contributed by atoms with Crippen molar-refractivity contribution in [2.45, 2.75) is 104 Å². The number of urea groups is 1. The van der Waals surface area contributed by atoms with E-state index in [0.717, 1.165) is 26.2 Å². The number of carbonyl (C=O) groups excluding carboxylic acids is 6. The predicted octanol–water partition coefficient (Wildman–Crippen LogP) is 1.30. The molecule has 4 N–H and O–H groups in total. The molecule has 11 nitrogen and oxygen atoms in total. The highest BCUT2D eigenvalue weighted by atomic mass is 16.2. The van der Waals surface area contributed by atoms with Gasteiger partial charge in [0.1, 0.15) is 12.1 Å². The fraction of sp³-hybridized carbons (Fsp3) is 0.786. The zero-order valence-electron chi connectivity index (χ0n) is 24.3. The van der Waals surface area contributed by atoms with Crippen molar-refractivity contribution in [1.29, 1.82) is 0 Å². The van der Waals surface area contributed by atoms with Crippen LogP contribution in [0.15, 0.2) is 0 Å². The van der Waals surface area contributed by atoms with Gasteiger partial charge < -0.3 is 26.2 Å². The lowest BCUT2D eigenvalue weighted by atomic mass is 9.85. The summed E-state index contributed by atoms with van der Waals surface area (Å²) in [5.74, 6) is -2.93. The third-order valence-corrected chi connectivity index (χ3v) is 7.98. The van der Waals surface area contributed by atoms with E-state index < -0.39 is 58.5 Å². The molecule has 0 aromatic carbocycles. The molecule has 218 valence electrons. The lowest BCUT2D eigenvalue weighted by molar-refractivity contribution is -0.144. The van der Waals surface area contributed by atoms with Crippen molar-refractivity contribution in [3.63, 3.8) is 0 Å². The predicted molar refractivity (Wildman–Crippen MR) is 144 cm³/mol. The number of hydrogen-bond donors (Lipinski definition) is 4. The molecule has 2 heterocycles. The molecule has 2 saturated heterocycles. The lowest BCUT2D eigenvalue weighted by Crippen LogP contribution is -2.61. The van der Waals surface area contributed by atoms with Crippen molar-refractivity contribution in [2.24, 2.45) is 23.2 Å². The number of fused-ring (bicyclic) bond motifs is 1. The summed E-state index contributed by atoms with van der Waals surface area (Å²) in [6.07, 6.45) is 3.14. The molecule has 5 amide bonds. The number of nitrogens with one attached hydrogen (secondary N) is 4. The summed E-state index contributed by atoms with van der Waals surface area (Å²) < 4.78 is 0. The minimum Gasteiger partial charge on any atom is -0.356 e. The van der Waals surface area contributed by atoms with Crippen molar-refractivity contribution in [1.82, 2.24) is 26.2 Å². The second-order valence-electron chi connectivity index (χ2n) is 13.4. The van der Waals surface area contributed by atoms with Crippen LogP contribution in [0.2, 0.25) is 0 Å². The number of amides is 5. The van der Waals surface area contributed by atoms with Gasteiger partial charge in [-0.05, 0) is 63.7 Å². The van der Waals surface area contributed by atoms with Crippen LogP contribution in [-0.2, 0) is 24.0 Å². The van der Waals surface area contributed by atoms with Crippen LogP contribution in [0, 0.1) is 23.2 Å². The van der Waals surface area contributed by atoms with Gasteiger partial charge in [0.15, 0.2) is 5.78 Å². The SMILES string of the molecule is CC(=O)C(=O)[C@H](C[C@@H]1CCNC1=O)NC(=O)[C@@H]1[C@H]2CCC[C@H]2CN1C(=O)[C@@H](NC(=O)NC(C)(C)C)C(C)(C)C. The number of hydrogen-bond acceptors (Lipinski definition) is 6. The molecule has 0 bridgehead atoms. The summed E-state index contributed by atoms with van der Waals surface area (Å²) in [4.78, 5) is 79.1. The van der Waals surface area contributed by atoms with E-state index in [-0.39, 0.29) is 30.1 Å². The normalized spacial score (nSPS) is 26.3. The molecule has 3 rings (SSSR count). The van der Waals surface area contributed by atoms with E-state index in [9.17, 15) is 28.8 Å². The van der Waals surface area contributed by atoms with Crippen molar-refractivity contribution in [3.05, 3.63) is 0 Å². The maximum absolute atomic E-state index is 14.0. The zero-order chi connectivity index (χ0) is 29.3. The van der Waals surface area contributed by atoms with Gasteiger partial charge in [0.25, 0.3) is 0 Å². The average molecular weight is 548 g/mol. The van der Waals surface area contributed by atoms with Crippen molar-refractivity contribution in [3.8, 4) is 0 Å². The molecule has 39 heavy (non-hydrogen) atoms. The molecule has 0 radical (unpaired) electrons. The van der Waals surface area contributed by atoms with Crippen LogP contribution in [0.25, 0.3) is 0 Å². The number of rotatable bonds is 8. The molecule has 1 aliphatic carbocycles. The Morgan fingerprint density at radius 1 is 1.00 bits per heavy atom. The monoisotopic (exact) mass is 547 g/mol. The molecule has 0 spiro atoms. The number of carbonyl (C=O) groups is 6. The van der Waals surface area contributed by atoms with E-state index in [1.807, 2.05) is 41.5 Å². The summed E-state index contributed by atoms with van der Waals surface area (Å²) >= 11 is 0. The lowest BCUT2D eigenvalue weighted by Gasteiger charge is -2.37. The van der Waals surface area contributed by atoms with Crippen LogP contribution in [-0.4, -0.2) is 77.0 Å². The Labute approximate surface area is 231 Å². The first-order chi connectivity index (χ1) is 18.0. The zero-order valence-corrected chi connectivity index (χ0v) is 24.3. The molecule has 3 fully saturated rings. The number of likely N-dealkylation sites (tertiary alicyclic amines) is 1. The highest BCUT2D eigenvalue weighted by Crippen LogP contribution is 2.43. The summed E-state index contributed by atoms with van der Waals surface area (Å²) in [5.41, 5.74) is -1.15. The van der Waals surface area contributed by atoms with Gasteiger partial charge in [-0.15, -0.1) is 0 Å². The first-order valence-corrected chi connectivity index (χ1v) is 14.0. The molecular formula is C28H45N5O6. The smallest absolute Gasteiger partial charge is 0.315 e. The summed E-state index contributed by atoms with van der Waals surface area (Å²) in [7, 11) is 0. The van der Waals surface area contributed by atoms with E-state index in [1.165, 1.54) is 0 Å². The van der Waals surface area contributed by atoms with E-state index in [0.29, 0.717) is 19.5 Å². The van der Waals surface area contributed by atoms with E-state index in [1.54, 1.807) is 4.90 Å². The standard InChI is InChI=1S/C28H45N5O6/c1-15(34)21(35)19(13-16-11-12-29-23(16)36)30-24(37)20-18-10-8-9-17(18)14-33(20)25(38)22(27(2,3)4)31-26(39)32-28(5,6)7/h16-20,22H,8-14H2,1-7H3,(H,29,36)(H,30,37)(H2,31,32,39)/t16-,17-,18-,19-,20-,22+/m0/s1. The summed E-state index contributed by atoms with van der Waals surface area (Å²) in [6.45, 7) is 13.1. The van der Waals surface area contributed by atoms with Gasteiger partial charge in [-0.3, -0.25) is 24.0 Å². The molecule has 0 unspecified atom stereocenters. The molecule has 1 saturated carbocycles. The van der Waals surface area contributed by atoms with Gasteiger partial charge in [-0.25, -0.2) is 4.79 Å². The first kappa shape index (κ1) is 30.6. The first-order valence-electron chi connectivity index (χ1n) is 14.0. The Morgan fingerprint density at radius 2 is 1.67 bits per heavy atom. The van der Waals surface area contributed by atoms with Gasteiger partial charge >= 0.3 is 6.03 Å². The Hall–Kier alpha value is -2.98. The summed E-state index contributed by atoms with van der Waals surface area (Å²) in [5, 5.41) is 11.1. The second-order valence-corrected chi connectivity index (χ2v) is 13.4. The van der Waals surface area contributed by atoms with E-state index in [4.69, 9.17) is 0 Å². The van der Waals surface area contributed by atoms with Crippen LogP contribution < -0.4 is 21.3 Å². The third-order valence-electron chi connectivity index (χ3n) is 7.98. The van der Waals surface area contributed by atoms with Gasteiger partial charge in [0.05, 0.1) is 6.04 Å². The molecular weight excluding hydrogens is 502 g/mol. The Bertz CT molecular complexity index is 1010. The molecule has 3 aliphatic rings. The van der Waals surface area contributed by atoms with Crippen molar-refractivity contribution >= 4 is 35.3 Å². The van der Waals surface area contributed by atoms with Gasteiger partial charge in [-0.1, -0.05) is 27.2 Å². The van der Waals surface area contributed by atoms with E-state index in [2.05, 4.69) is 21.3 Å². The van der Waals surface area contributed by atoms with Gasteiger partial charge in [-0.2, -0.15) is 0 Å². The van der Waals surface area contributed by atoms with Crippen LogP contribution in [0.4, 0.5) is 4.79 Å². The molecule has 11 heteroatoms. The van der Waals surface area contributed by atoms with Crippen LogP contribution in [0.5, 0.6) is 0 Å². The van der Waals surface area contributed by atoms with E-state index >= 15 is 0 Å². The van der Waals surface area contributed by atoms with Gasteiger partial charge in [0, 0.05) is 31.5 Å². The van der Waals surface area contributed by atoms with Crippen molar-refractivity contribution in [2.75, 3.05) is 13.1 Å². The maximum Gasteiger partial charge on any atom is 0.315 e. The van der Waals surface area contributed by atoms with Crippen molar-refractivity contribution < 1.29 is 28.8 Å². The van der Waals surface area contributed by atoms with Gasteiger partial charge in [0.2, 0.25) is 23.5 Å². The Kier molecular flexibility index (Phi) is 9.12. The second kappa shape index (κ2) is 11.6. The molecule has 2 aliphatic heterocycles. The van der Waals surface area contributed by atoms with Crippen LogP contribution >= 0.6 is 0 Å². The number of Topliss-reactive ketones (excluding diaryl/α,β-unsaturated/α-hetero) is 2. The highest BCUT2D eigenvalue weighted by Gasteiger charge is 2.52. The van der Waals surface area contributed by atoms with Crippen LogP contribution in [0.3, 0.4) is 0 Å². The largest absolute Gasteiger partial charge is 0.356 e. The Balaban J connectivity index is 1.86. The average Bonchev–Trinajstić information content (AvgIpc) is 3.50. The minimum atomic E-state index is -1.14. The minimum absolute atomic E-state index is 0.0316. The highest BCUT2D eigenvalue weighted by molar-refractivity contribution is 6.38. The molecule has 0 aromatic heterocycles. The number of nitrogens with zero attached hydrogens (tertiary/aromatic N) is 1. The molecule has 0 aromatic rings. The number of ketones is 2. The fourth-order valence-electron chi connectivity index (χ4n) is 6.08. The Morgan fingerprint density at radius 3 is 2.21 bits per heavy atom. The van der Waals surface area contributed by atoms with Crippen LogP contribution in [0.1, 0.15) is 80.6 Å². The topological polar surface area (TPSA) is 154 Å². The molecule has 6 atom stereocenters. The third kappa shape index (κ3) is 7.36.